The normalized spacial score (nSPS) is 16.9. The van der Waals surface area contributed by atoms with Crippen molar-refractivity contribution in [2.75, 3.05) is 14.7 Å². The van der Waals surface area contributed by atoms with E-state index in [1.54, 1.807) is 0 Å². The quantitative estimate of drug-likeness (QED) is 0.176. The van der Waals surface area contributed by atoms with Crippen LogP contribution in [0.3, 0.4) is 0 Å². The van der Waals surface area contributed by atoms with Crippen LogP contribution in [0.4, 0.5) is 39.9 Å². The minimum absolute atomic E-state index is 0.00471. The topological polar surface area (TPSA) is 14.7 Å². The lowest BCUT2D eigenvalue weighted by Crippen LogP contribution is -2.64. The predicted octanol–water partition coefficient (Wildman–Crippen LogP) is 9.98. The number of benzene rings is 7. The molecule has 2 atom stereocenters. The Hall–Kier alpha value is -6.46. The molecule has 4 heterocycles. The van der Waals surface area contributed by atoms with Gasteiger partial charge in [-0.2, -0.15) is 0 Å². The van der Waals surface area contributed by atoms with Gasteiger partial charge < -0.3 is 9.80 Å². The van der Waals surface area contributed by atoms with Gasteiger partial charge in [0.1, 0.15) is 12.0 Å². The van der Waals surface area contributed by atoms with E-state index < -0.39 is 0 Å². The van der Waals surface area contributed by atoms with Gasteiger partial charge in [-0.3, -0.25) is 9.47 Å². The molecule has 0 saturated carbocycles. The summed E-state index contributed by atoms with van der Waals surface area (Å²) in [4.78, 5) is 7.75. The van der Waals surface area contributed by atoms with E-state index in [0.717, 1.165) is 11.4 Å². The van der Waals surface area contributed by atoms with Crippen LogP contribution in [0.1, 0.15) is 11.4 Å². The Kier molecular flexibility index (Phi) is 6.14. The van der Waals surface area contributed by atoms with E-state index in [1.807, 2.05) is 0 Å². The lowest BCUT2D eigenvalue weighted by molar-refractivity contribution is 0.663. The Bertz CT molecular complexity index is 2570. The first-order chi connectivity index (χ1) is 25.4. The predicted molar refractivity (Wildman–Crippen MR) is 213 cm³/mol. The fraction of sp³-hybridized carbons (Fsp3) is 0.0435. The zero-order valence-corrected chi connectivity index (χ0v) is 27.9. The van der Waals surface area contributed by atoms with E-state index in [2.05, 4.69) is 207 Å². The van der Waals surface area contributed by atoms with Gasteiger partial charge in [0.25, 0.3) is 0 Å². The smallest absolute Gasteiger partial charge is 0.232 e. The van der Waals surface area contributed by atoms with Gasteiger partial charge in [-0.15, -0.1) is 0 Å². The minimum Gasteiger partial charge on any atom is -0.321 e. The summed E-state index contributed by atoms with van der Waals surface area (Å²) in [7, 11) is 0. The lowest BCUT2D eigenvalue weighted by Gasteiger charge is -2.50. The Labute approximate surface area is 298 Å². The SMILES string of the molecule is c1ccc(N2c3cccc4c3B(c3c2n(-c2ccccc2)c2ccccc32)C2c3ccccc3N(c3ccccc3)C2N4c2ccccc2)cc1. The number of fused-ring (bicyclic) bond motifs is 8. The molecule has 11 rings (SSSR count). The monoisotopic (exact) mass is 652 g/mol. The highest BCUT2D eigenvalue weighted by atomic mass is 15.4. The standard InChI is InChI=1S/C46H33BN4/c1-5-18-32(19-6-1)48-38-28-15-13-26-36(38)42-45(48)50(34-22-9-3-10-23-34)40-30-17-31-41-44(40)47(42)43-37-27-14-16-29-39(37)49(33-20-7-2-8-21-33)46(43)51(41)35-24-11-4-12-25-35/h1-31,42,45H. The second kappa shape index (κ2) is 11.0. The maximum absolute atomic E-state index is 2.62. The summed E-state index contributed by atoms with van der Waals surface area (Å²) in [6.45, 7) is 0.0841. The molecular weight excluding hydrogens is 619 g/mol. The number of rotatable bonds is 4. The Balaban J connectivity index is 1.31. The molecule has 0 saturated heterocycles. The number of nitrogens with zero attached hydrogens (tertiary/aromatic N) is 4. The van der Waals surface area contributed by atoms with Gasteiger partial charge in [0, 0.05) is 45.6 Å². The second-order valence-electron chi connectivity index (χ2n) is 13.7. The number of anilines is 7. The van der Waals surface area contributed by atoms with Crippen molar-refractivity contribution in [3.8, 4) is 5.69 Å². The van der Waals surface area contributed by atoms with Crippen LogP contribution in [-0.4, -0.2) is 17.4 Å². The highest BCUT2D eigenvalue weighted by Gasteiger charge is 2.57. The van der Waals surface area contributed by atoms with Crippen molar-refractivity contribution in [1.29, 1.82) is 0 Å². The summed E-state index contributed by atoms with van der Waals surface area (Å²) >= 11 is 0. The van der Waals surface area contributed by atoms with Crippen LogP contribution in [0.2, 0.25) is 0 Å². The first-order valence-electron chi connectivity index (χ1n) is 17.8. The summed E-state index contributed by atoms with van der Waals surface area (Å²) < 4.78 is 2.50. The van der Waals surface area contributed by atoms with Gasteiger partial charge in [-0.05, 0) is 94.7 Å². The van der Waals surface area contributed by atoms with Gasteiger partial charge in [0.15, 0.2) is 0 Å². The summed E-state index contributed by atoms with van der Waals surface area (Å²) in [5, 5.41) is 1.30. The highest BCUT2D eigenvalue weighted by Crippen LogP contribution is 2.55. The molecule has 51 heavy (non-hydrogen) atoms. The highest BCUT2D eigenvalue weighted by molar-refractivity contribution is 6.92. The Morgan fingerprint density at radius 3 is 1.59 bits per heavy atom. The molecule has 3 aliphatic heterocycles. The number of aromatic nitrogens is 1. The maximum Gasteiger partial charge on any atom is 0.232 e. The second-order valence-corrected chi connectivity index (χ2v) is 13.7. The van der Waals surface area contributed by atoms with Gasteiger partial charge in [0.05, 0.1) is 5.52 Å². The largest absolute Gasteiger partial charge is 0.321 e. The van der Waals surface area contributed by atoms with E-state index in [9.17, 15) is 0 Å². The Morgan fingerprint density at radius 1 is 0.392 bits per heavy atom. The minimum atomic E-state index is -0.00471. The lowest BCUT2D eigenvalue weighted by atomic mass is 9.29. The van der Waals surface area contributed by atoms with Crippen molar-refractivity contribution in [3.05, 3.63) is 194 Å². The molecular formula is C46H33BN4. The van der Waals surface area contributed by atoms with Crippen LogP contribution in [0.25, 0.3) is 16.6 Å². The molecule has 4 nitrogen and oxygen atoms in total. The molecule has 3 aliphatic rings. The van der Waals surface area contributed by atoms with Crippen LogP contribution in [-0.2, 0) is 0 Å². The molecule has 2 unspecified atom stereocenters. The third-order valence-corrected chi connectivity index (χ3v) is 11.1. The first-order valence-corrected chi connectivity index (χ1v) is 17.8. The molecule has 0 radical (unpaired) electrons. The zero-order chi connectivity index (χ0) is 33.5. The van der Waals surface area contributed by atoms with Crippen molar-refractivity contribution in [3.63, 3.8) is 0 Å². The average molecular weight is 653 g/mol. The molecule has 0 spiro atoms. The third-order valence-electron chi connectivity index (χ3n) is 11.1. The molecule has 240 valence electrons. The fourth-order valence-corrected chi connectivity index (χ4v) is 9.32. The van der Waals surface area contributed by atoms with Crippen molar-refractivity contribution < 1.29 is 0 Å². The van der Waals surface area contributed by atoms with Gasteiger partial charge in [-0.25, -0.2) is 0 Å². The van der Waals surface area contributed by atoms with E-state index >= 15 is 0 Å². The molecule has 0 amide bonds. The van der Waals surface area contributed by atoms with Gasteiger partial charge in [-0.1, -0.05) is 115 Å². The van der Waals surface area contributed by atoms with Crippen LogP contribution in [0.15, 0.2) is 188 Å². The molecule has 0 N–H and O–H groups in total. The van der Waals surface area contributed by atoms with E-state index in [4.69, 9.17) is 0 Å². The molecule has 5 heteroatoms. The fourth-order valence-electron chi connectivity index (χ4n) is 9.32. The van der Waals surface area contributed by atoms with Crippen molar-refractivity contribution in [2.45, 2.75) is 12.0 Å². The van der Waals surface area contributed by atoms with Gasteiger partial charge in [0.2, 0.25) is 6.71 Å². The summed E-state index contributed by atoms with van der Waals surface area (Å²) in [6, 6.07) is 68.9. The van der Waals surface area contributed by atoms with E-state index in [0.29, 0.717) is 0 Å². The molecule has 7 aromatic carbocycles. The van der Waals surface area contributed by atoms with E-state index in [-0.39, 0.29) is 18.7 Å². The molecule has 0 fully saturated rings. The average Bonchev–Trinajstić information content (AvgIpc) is 3.73. The molecule has 0 aliphatic carbocycles. The van der Waals surface area contributed by atoms with Crippen LogP contribution in [0, 0.1) is 0 Å². The van der Waals surface area contributed by atoms with Crippen molar-refractivity contribution >= 4 is 68.5 Å². The van der Waals surface area contributed by atoms with Crippen LogP contribution in [0.5, 0.6) is 0 Å². The summed E-state index contributed by atoms with van der Waals surface area (Å²) in [5.74, 6) is 1.34. The van der Waals surface area contributed by atoms with Crippen LogP contribution < -0.4 is 25.6 Å². The number of hydrogen-bond donors (Lipinski definition) is 0. The number of para-hydroxylation sites is 6. The maximum atomic E-state index is 2.62. The first kappa shape index (κ1) is 28.4. The number of hydrogen-bond acceptors (Lipinski definition) is 3. The van der Waals surface area contributed by atoms with Crippen molar-refractivity contribution in [1.82, 2.24) is 4.57 Å². The van der Waals surface area contributed by atoms with Gasteiger partial charge >= 0.3 is 0 Å². The summed E-state index contributed by atoms with van der Waals surface area (Å²) in [6.07, 6.45) is -0.00471. The Morgan fingerprint density at radius 2 is 0.902 bits per heavy atom. The third kappa shape index (κ3) is 3.97. The van der Waals surface area contributed by atoms with Crippen LogP contribution >= 0.6 is 0 Å². The molecule has 0 bridgehead atoms. The van der Waals surface area contributed by atoms with Crippen molar-refractivity contribution in [2.24, 2.45) is 0 Å². The summed E-state index contributed by atoms with van der Waals surface area (Å²) in [5.41, 5.74) is 13.8. The molecule has 8 aromatic rings. The zero-order valence-electron chi connectivity index (χ0n) is 27.9. The van der Waals surface area contributed by atoms with E-state index in [1.165, 1.54) is 61.6 Å². The molecule has 1 aromatic heterocycles.